The molecule has 3 aromatic rings. The van der Waals surface area contributed by atoms with E-state index >= 15 is 0 Å². The zero-order valence-electron chi connectivity index (χ0n) is 9.41. The van der Waals surface area contributed by atoms with Gasteiger partial charge in [-0.3, -0.25) is 0 Å². The van der Waals surface area contributed by atoms with E-state index in [1.54, 1.807) is 10.7 Å². The van der Waals surface area contributed by atoms with E-state index in [4.69, 9.17) is 11.6 Å². The third kappa shape index (κ3) is 1.93. The minimum atomic E-state index is 0.439. The van der Waals surface area contributed by atoms with E-state index in [-0.39, 0.29) is 0 Å². The van der Waals surface area contributed by atoms with E-state index in [0.29, 0.717) is 10.9 Å². The Hall–Kier alpha value is -1.66. The normalized spacial score (nSPS) is 11.0. The minimum Gasteiger partial charge on any atom is -0.250 e. The first-order valence-corrected chi connectivity index (χ1v) is 6.40. The summed E-state index contributed by atoms with van der Waals surface area (Å²) in [5.41, 5.74) is 0.866. The zero-order valence-corrected chi connectivity index (χ0v) is 11.0. The maximum absolute atomic E-state index is 6.09. The van der Waals surface area contributed by atoms with Gasteiger partial charge in [-0.1, -0.05) is 17.7 Å². The molecule has 0 aromatic carbocycles. The number of aromatic nitrogens is 5. The van der Waals surface area contributed by atoms with Crippen LogP contribution in [0.15, 0.2) is 40.8 Å². The predicted octanol–water partition coefficient (Wildman–Crippen LogP) is 2.63. The summed E-state index contributed by atoms with van der Waals surface area (Å²) < 4.78 is 1.67. The Balaban J connectivity index is 2.16. The van der Waals surface area contributed by atoms with Crippen molar-refractivity contribution < 1.29 is 0 Å². The second kappa shape index (κ2) is 4.55. The van der Waals surface area contributed by atoms with Crippen molar-refractivity contribution in [3.05, 3.63) is 41.4 Å². The van der Waals surface area contributed by atoms with Gasteiger partial charge in [0.1, 0.15) is 21.5 Å². The molecule has 0 radical (unpaired) electrons. The Kier molecular flexibility index (Phi) is 2.89. The van der Waals surface area contributed by atoms with Gasteiger partial charge in [0.05, 0.1) is 0 Å². The molecule has 3 rings (SSSR count). The van der Waals surface area contributed by atoms with Crippen LogP contribution in [0.25, 0.3) is 5.78 Å². The van der Waals surface area contributed by atoms with Gasteiger partial charge in [0.2, 0.25) is 0 Å². The Morgan fingerprint density at radius 1 is 1.28 bits per heavy atom. The first-order valence-electron chi connectivity index (χ1n) is 5.20. The topological polar surface area (TPSA) is 56.0 Å². The molecular weight excluding hydrogens is 270 g/mol. The third-order valence-electron chi connectivity index (χ3n) is 2.39. The number of fused-ring (bicyclic) bond motifs is 1. The quantitative estimate of drug-likeness (QED) is 0.674. The second-order valence-electron chi connectivity index (χ2n) is 3.57. The van der Waals surface area contributed by atoms with Crippen LogP contribution in [0.4, 0.5) is 0 Å². The third-order valence-corrected chi connectivity index (χ3v) is 3.88. The van der Waals surface area contributed by atoms with Crippen molar-refractivity contribution in [2.75, 3.05) is 0 Å². The monoisotopic (exact) mass is 277 g/mol. The lowest BCUT2D eigenvalue weighted by Crippen LogP contribution is -2.00. The number of pyridine rings is 1. The van der Waals surface area contributed by atoms with Gasteiger partial charge in [0, 0.05) is 11.8 Å². The van der Waals surface area contributed by atoms with Gasteiger partial charge in [-0.05, 0) is 30.8 Å². The molecule has 0 aliphatic heterocycles. The number of halogens is 1. The molecule has 0 amide bonds. The maximum Gasteiger partial charge on any atom is 0.254 e. The van der Waals surface area contributed by atoms with E-state index in [1.165, 1.54) is 18.1 Å². The SMILES string of the molecule is Cc1c(Cl)nc2ncnn2c1Sc1ccccn1. The van der Waals surface area contributed by atoms with Gasteiger partial charge < -0.3 is 0 Å². The average molecular weight is 278 g/mol. The van der Waals surface area contributed by atoms with Crippen LogP contribution in [-0.4, -0.2) is 24.6 Å². The molecule has 0 aliphatic carbocycles. The summed E-state index contributed by atoms with van der Waals surface area (Å²) in [6.07, 6.45) is 3.21. The molecule has 5 nitrogen and oxygen atoms in total. The molecule has 0 saturated heterocycles. The summed E-state index contributed by atoms with van der Waals surface area (Å²) in [6.45, 7) is 1.90. The van der Waals surface area contributed by atoms with Gasteiger partial charge in [-0.2, -0.15) is 19.6 Å². The Morgan fingerprint density at radius 3 is 2.94 bits per heavy atom. The second-order valence-corrected chi connectivity index (χ2v) is 4.94. The molecule has 0 fully saturated rings. The fraction of sp³-hybridized carbons (Fsp3) is 0.0909. The highest BCUT2D eigenvalue weighted by molar-refractivity contribution is 7.99. The molecule has 0 bridgehead atoms. The summed E-state index contributed by atoms with van der Waals surface area (Å²) in [5.74, 6) is 0.490. The molecule has 3 heterocycles. The highest BCUT2D eigenvalue weighted by atomic mass is 35.5. The van der Waals surface area contributed by atoms with E-state index in [1.807, 2.05) is 25.1 Å². The molecule has 0 aliphatic rings. The van der Waals surface area contributed by atoms with Crippen molar-refractivity contribution in [1.82, 2.24) is 24.6 Å². The van der Waals surface area contributed by atoms with Crippen LogP contribution in [0.1, 0.15) is 5.56 Å². The van der Waals surface area contributed by atoms with Crippen LogP contribution in [0.5, 0.6) is 0 Å². The average Bonchev–Trinajstić information content (AvgIpc) is 2.84. The van der Waals surface area contributed by atoms with E-state index in [2.05, 4.69) is 20.1 Å². The Morgan fingerprint density at radius 2 is 2.17 bits per heavy atom. The molecule has 7 heteroatoms. The summed E-state index contributed by atoms with van der Waals surface area (Å²) in [5, 5.41) is 6.34. The van der Waals surface area contributed by atoms with Crippen molar-refractivity contribution in [1.29, 1.82) is 0 Å². The largest absolute Gasteiger partial charge is 0.254 e. The molecule has 0 saturated carbocycles. The van der Waals surface area contributed by atoms with E-state index in [0.717, 1.165) is 15.6 Å². The summed E-state index contributed by atoms with van der Waals surface area (Å²) in [7, 11) is 0. The van der Waals surface area contributed by atoms with Crippen molar-refractivity contribution >= 4 is 29.1 Å². The fourth-order valence-electron chi connectivity index (χ4n) is 1.50. The zero-order chi connectivity index (χ0) is 12.5. The van der Waals surface area contributed by atoms with Crippen LogP contribution in [-0.2, 0) is 0 Å². The van der Waals surface area contributed by atoms with Gasteiger partial charge in [-0.15, -0.1) is 0 Å². The Labute approximate surface area is 112 Å². The van der Waals surface area contributed by atoms with Crippen LogP contribution in [0, 0.1) is 6.92 Å². The molecule has 90 valence electrons. The minimum absolute atomic E-state index is 0.439. The van der Waals surface area contributed by atoms with Crippen molar-refractivity contribution in [3.8, 4) is 0 Å². The molecule has 0 N–H and O–H groups in total. The summed E-state index contributed by atoms with van der Waals surface area (Å²) in [6, 6.07) is 5.74. The van der Waals surface area contributed by atoms with Crippen LogP contribution < -0.4 is 0 Å². The first-order chi connectivity index (χ1) is 8.75. The smallest absolute Gasteiger partial charge is 0.250 e. The summed E-state index contributed by atoms with van der Waals surface area (Å²) in [4.78, 5) is 12.5. The first kappa shape index (κ1) is 11.4. The van der Waals surface area contributed by atoms with Gasteiger partial charge in [0.15, 0.2) is 0 Å². The Bertz CT molecular complexity index is 697. The standard InChI is InChI=1S/C11H8ClN5S/c1-7-9(12)16-11-14-6-15-17(11)10(7)18-8-4-2-3-5-13-8/h2-6H,1H3. The number of nitrogens with zero attached hydrogens (tertiary/aromatic N) is 5. The number of rotatable bonds is 2. The number of hydrogen-bond donors (Lipinski definition) is 0. The lowest BCUT2D eigenvalue weighted by Gasteiger charge is -2.07. The molecule has 0 unspecified atom stereocenters. The fourth-order valence-corrected chi connectivity index (χ4v) is 2.64. The van der Waals surface area contributed by atoms with Gasteiger partial charge in [-0.25, -0.2) is 4.98 Å². The lowest BCUT2D eigenvalue weighted by atomic mass is 10.4. The highest BCUT2D eigenvalue weighted by Crippen LogP contribution is 2.31. The van der Waals surface area contributed by atoms with Gasteiger partial charge in [0.25, 0.3) is 5.78 Å². The lowest BCUT2D eigenvalue weighted by molar-refractivity contribution is 0.824. The number of hydrogen-bond acceptors (Lipinski definition) is 5. The molecule has 0 atom stereocenters. The highest BCUT2D eigenvalue weighted by Gasteiger charge is 2.13. The van der Waals surface area contributed by atoms with Gasteiger partial charge >= 0.3 is 0 Å². The van der Waals surface area contributed by atoms with E-state index < -0.39 is 0 Å². The van der Waals surface area contributed by atoms with Crippen LogP contribution in [0.3, 0.4) is 0 Å². The predicted molar refractivity (Wildman–Crippen MR) is 68.9 cm³/mol. The van der Waals surface area contributed by atoms with E-state index in [9.17, 15) is 0 Å². The summed E-state index contributed by atoms with van der Waals surface area (Å²) >= 11 is 7.58. The maximum atomic E-state index is 6.09. The molecule has 0 spiro atoms. The van der Waals surface area contributed by atoms with Crippen molar-refractivity contribution in [2.45, 2.75) is 17.0 Å². The molecule has 18 heavy (non-hydrogen) atoms. The van der Waals surface area contributed by atoms with Crippen LogP contribution >= 0.6 is 23.4 Å². The van der Waals surface area contributed by atoms with Crippen molar-refractivity contribution in [3.63, 3.8) is 0 Å². The van der Waals surface area contributed by atoms with Crippen LogP contribution in [0.2, 0.25) is 5.15 Å². The molecule has 3 aromatic heterocycles. The van der Waals surface area contributed by atoms with Crippen molar-refractivity contribution in [2.24, 2.45) is 0 Å². The molecular formula is C11H8ClN5S.